The van der Waals surface area contributed by atoms with Gasteiger partial charge in [0, 0.05) is 11.3 Å². The van der Waals surface area contributed by atoms with Crippen LogP contribution in [0.15, 0.2) is 12.3 Å². The lowest BCUT2D eigenvalue weighted by atomic mass is 9.53. The molecule has 19 heavy (non-hydrogen) atoms. The fourth-order valence-electron chi connectivity index (χ4n) is 3.19. The molecular weight excluding hydrogens is 252 g/mol. The van der Waals surface area contributed by atoms with Crippen LogP contribution >= 0.6 is 0 Å². The third kappa shape index (κ3) is 2.29. The maximum atomic E-state index is 6.64. The lowest BCUT2D eigenvalue weighted by molar-refractivity contribution is -0.172. The summed E-state index contributed by atoms with van der Waals surface area (Å²) in [5, 5.41) is 0.277. The first-order valence-corrected chi connectivity index (χ1v) is 10.3. The summed E-state index contributed by atoms with van der Waals surface area (Å²) in [5.41, 5.74) is 0.0913. The maximum Gasteiger partial charge on any atom is 0.192 e. The Morgan fingerprint density at radius 2 is 1.79 bits per heavy atom. The SMILES string of the molecule is CC1(C)OC=C[C@]2(C)[C@@H](O[Si](C)(C)C(C)(C)C)C[C@H]12. The van der Waals surface area contributed by atoms with Crippen LogP contribution in [-0.2, 0) is 9.16 Å². The van der Waals surface area contributed by atoms with Gasteiger partial charge in [0.15, 0.2) is 8.32 Å². The monoisotopic (exact) mass is 282 g/mol. The summed E-state index contributed by atoms with van der Waals surface area (Å²) >= 11 is 0. The van der Waals surface area contributed by atoms with E-state index < -0.39 is 8.32 Å². The second kappa shape index (κ2) is 4.11. The molecule has 0 N–H and O–H groups in total. The molecule has 2 aliphatic rings. The molecular formula is C16H30O2Si. The zero-order valence-corrected chi connectivity index (χ0v) is 14.8. The summed E-state index contributed by atoms with van der Waals surface area (Å²) in [6.07, 6.45) is 5.60. The molecule has 1 saturated carbocycles. The number of rotatable bonds is 2. The van der Waals surface area contributed by atoms with E-state index in [4.69, 9.17) is 9.16 Å². The second-order valence-corrected chi connectivity index (χ2v) is 13.3. The summed E-state index contributed by atoms with van der Waals surface area (Å²) in [5.74, 6) is 0.569. The van der Waals surface area contributed by atoms with Crippen molar-refractivity contribution in [2.45, 2.75) is 77.8 Å². The first-order valence-electron chi connectivity index (χ1n) is 7.43. The van der Waals surface area contributed by atoms with Crippen LogP contribution < -0.4 is 0 Å². The summed E-state index contributed by atoms with van der Waals surface area (Å²) in [7, 11) is -1.68. The van der Waals surface area contributed by atoms with Gasteiger partial charge >= 0.3 is 0 Å². The minimum Gasteiger partial charge on any atom is -0.495 e. The highest BCUT2D eigenvalue weighted by Gasteiger charge is 2.60. The third-order valence-electron chi connectivity index (χ3n) is 5.78. The van der Waals surface area contributed by atoms with E-state index in [0.29, 0.717) is 12.0 Å². The molecule has 1 aliphatic heterocycles. The van der Waals surface area contributed by atoms with Crippen molar-refractivity contribution in [2.24, 2.45) is 11.3 Å². The molecule has 0 radical (unpaired) electrons. The van der Waals surface area contributed by atoms with Crippen LogP contribution in [0.1, 0.15) is 48.0 Å². The van der Waals surface area contributed by atoms with Crippen molar-refractivity contribution in [3.63, 3.8) is 0 Å². The summed E-state index contributed by atoms with van der Waals surface area (Å²) < 4.78 is 12.4. The Morgan fingerprint density at radius 3 is 2.32 bits per heavy atom. The van der Waals surface area contributed by atoms with Crippen LogP contribution in [0, 0.1) is 11.3 Å². The molecule has 1 aliphatic carbocycles. The molecule has 1 fully saturated rings. The van der Waals surface area contributed by atoms with Gasteiger partial charge in [-0.25, -0.2) is 0 Å². The minimum absolute atomic E-state index is 0.0587. The van der Waals surface area contributed by atoms with Gasteiger partial charge in [0.1, 0.15) is 5.60 Å². The third-order valence-corrected chi connectivity index (χ3v) is 10.3. The van der Waals surface area contributed by atoms with Gasteiger partial charge in [-0.1, -0.05) is 27.7 Å². The number of hydrogen-bond acceptors (Lipinski definition) is 2. The van der Waals surface area contributed by atoms with E-state index in [2.05, 4.69) is 60.7 Å². The normalized spacial score (nSPS) is 37.3. The van der Waals surface area contributed by atoms with Crippen molar-refractivity contribution < 1.29 is 9.16 Å². The average Bonchev–Trinajstić information content (AvgIpc) is 2.19. The number of ether oxygens (including phenoxy) is 1. The van der Waals surface area contributed by atoms with E-state index in [1.54, 1.807) is 0 Å². The topological polar surface area (TPSA) is 18.5 Å². The van der Waals surface area contributed by atoms with Crippen molar-refractivity contribution in [2.75, 3.05) is 0 Å². The van der Waals surface area contributed by atoms with Gasteiger partial charge < -0.3 is 9.16 Å². The van der Waals surface area contributed by atoms with Crippen LogP contribution in [0.5, 0.6) is 0 Å². The van der Waals surface area contributed by atoms with E-state index >= 15 is 0 Å². The van der Waals surface area contributed by atoms with Gasteiger partial charge in [-0.15, -0.1) is 0 Å². The van der Waals surface area contributed by atoms with Crippen LogP contribution in [0.3, 0.4) is 0 Å². The van der Waals surface area contributed by atoms with Gasteiger partial charge in [0.05, 0.1) is 12.4 Å². The maximum absolute atomic E-state index is 6.64. The lowest BCUT2D eigenvalue weighted by Crippen LogP contribution is -2.64. The van der Waals surface area contributed by atoms with Crippen LogP contribution in [-0.4, -0.2) is 20.0 Å². The Bertz CT molecular complexity index is 392. The Balaban J connectivity index is 2.15. The predicted octanol–water partition coefficient (Wildman–Crippen LogP) is 4.73. The summed E-state index contributed by atoms with van der Waals surface area (Å²) in [4.78, 5) is 0. The van der Waals surface area contributed by atoms with Crippen molar-refractivity contribution in [1.29, 1.82) is 0 Å². The molecule has 0 aromatic carbocycles. The van der Waals surface area contributed by atoms with Crippen LogP contribution in [0.4, 0.5) is 0 Å². The molecule has 0 amide bonds. The van der Waals surface area contributed by atoms with Gasteiger partial charge in [0.25, 0.3) is 0 Å². The van der Waals surface area contributed by atoms with Crippen molar-refractivity contribution in [3.05, 3.63) is 12.3 Å². The molecule has 3 heteroatoms. The Hall–Kier alpha value is -0.283. The van der Waals surface area contributed by atoms with Gasteiger partial charge in [0.2, 0.25) is 0 Å². The Morgan fingerprint density at radius 1 is 1.21 bits per heavy atom. The zero-order chi connectivity index (χ0) is 14.7. The van der Waals surface area contributed by atoms with E-state index in [1.165, 1.54) is 0 Å². The molecule has 0 unspecified atom stereocenters. The molecule has 0 saturated heterocycles. The molecule has 0 aromatic heterocycles. The molecule has 0 bridgehead atoms. The first kappa shape index (κ1) is 15.1. The Kier molecular flexibility index (Phi) is 3.27. The largest absolute Gasteiger partial charge is 0.495 e. The van der Waals surface area contributed by atoms with Gasteiger partial charge in [-0.05, 0) is 44.5 Å². The summed E-state index contributed by atoms with van der Waals surface area (Å²) in [6.45, 7) is 18.3. The smallest absolute Gasteiger partial charge is 0.192 e. The molecule has 1 heterocycles. The lowest BCUT2D eigenvalue weighted by Gasteiger charge is -2.61. The molecule has 110 valence electrons. The molecule has 2 rings (SSSR count). The van der Waals surface area contributed by atoms with Crippen molar-refractivity contribution in [1.82, 2.24) is 0 Å². The highest BCUT2D eigenvalue weighted by molar-refractivity contribution is 6.74. The zero-order valence-electron chi connectivity index (χ0n) is 13.8. The molecule has 3 atom stereocenters. The fourth-order valence-corrected chi connectivity index (χ4v) is 4.60. The number of hydrogen-bond donors (Lipinski definition) is 0. The van der Waals surface area contributed by atoms with E-state index in [9.17, 15) is 0 Å². The highest BCUT2D eigenvalue weighted by atomic mass is 28.4. The fraction of sp³-hybridized carbons (Fsp3) is 0.875. The standard InChI is InChI=1S/C16H30O2Si/c1-14(2,3)19(7,8)18-13-11-12-15(4,5)17-10-9-16(12,13)6/h9-10,12-13H,11H2,1-8H3/t12-,13+,16+/m1/s1. The van der Waals surface area contributed by atoms with Crippen molar-refractivity contribution in [3.8, 4) is 0 Å². The first-order chi connectivity index (χ1) is 8.40. The average molecular weight is 282 g/mol. The van der Waals surface area contributed by atoms with E-state index in [1.807, 2.05) is 6.26 Å². The van der Waals surface area contributed by atoms with Gasteiger partial charge in [-0.2, -0.15) is 0 Å². The van der Waals surface area contributed by atoms with E-state index in [-0.39, 0.29) is 16.1 Å². The quantitative estimate of drug-likeness (QED) is 0.682. The van der Waals surface area contributed by atoms with Crippen LogP contribution in [0.2, 0.25) is 18.1 Å². The summed E-state index contributed by atoms with van der Waals surface area (Å²) in [6, 6.07) is 0. The molecule has 0 spiro atoms. The van der Waals surface area contributed by atoms with Crippen molar-refractivity contribution >= 4 is 8.32 Å². The second-order valence-electron chi connectivity index (χ2n) is 8.55. The minimum atomic E-state index is -1.68. The molecule has 2 nitrogen and oxygen atoms in total. The van der Waals surface area contributed by atoms with Gasteiger partial charge in [-0.3, -0.25) is 0 Å². The molecule has 0 aromatic rings. The number of fused-ring (bicyclic) bond motifs is 1. The predicted molar refractivity (Wildman–Crippen MR) is 82.6 cm³/mol. The Labute approximate surface area is 119 Å². The van der Waals surface area contributed by atoms with E-state index in [0.717, 1.165) is 6.42 Å². The highest BCUT2D eigenvalue weighted by Crippen LogP contribution is 2.58. The van der Waals surface area contributed by atoms with Crippen LogP contribution in [0.25, 0.3) is 0 Å².